The van der Waals surface area contributed by atoms with Gasteiger partial charge in [-0.2, -0.15) is 0 Å². The minimum atomic E-state index is -0.0205. The summed E-state index contributed by atoms with van der Waals surface area (Å²) < 4.78 is 6.92. The maximum absolute atomic E-state index is 9.11. The molecule has 15 heavy (non-hydrogen) atoms. The zero-order valence-electron chi connectivity index (χ0n) is 8.64. The van der Waals surface area contributed by atoms with Gasteiger partial charge in [-0.3, -0.25) is 0 Å². The number of aliphatic hydroxyl groups is 1. The van der Waals surface area contributed by atoms with Gasteiger partial charge in [-0.15, -0.1) is 6.42 Å². The van der Waals surface area contributed by atoms with E-state index in [0.29, 0.717) is 18.9 Å². The molecular formula is C10H14N2O2S. The van der Waals surface area contributed by atoms with Gasteiger partial charge in [0.2, 0.25) is 0 Å². The van der Waals surface area contributed by atoms with Crippen LogP contribution in [0.1, 0.15) is 5.69 Å². The lowest BCUT2D eigenvalue weighted by Crippen LogP contribution is -2.09. The van der Waals surface area contributed by atoms with Crippen molar-refractivity contribution in [1.82, 2.24) is 9.55 Å². The van der Waals surface area contributed by atoms with E-state index in [-0.39, 0.29) is 6.61 Å². The van der Waals surface area contributed by atoms with E-state index in [2.05, 4.69) is 10.9 Å². The first-order valence-corrected chi connectivity index (χ1v) is 5.52. The molecular weight excluding hydrogens is 212 g/mol. The van der Waals surface area contributed by atoms with Crippen LogP contribution in [-0.2, 0) is 17.9 Å². The Labute approximate surface area is 93.7 Å². The second-order valence-electron chi connectivity index (χ2n) is 2.83. The molecule has 0 aromatic carbocycles. The van der Waals surface area contributed by atoms with E-state index in [1.54, 1.807) is 13.3 Å². The standard InChI is InChI=1S/C10H14N2O2S/c1-3-6-15-10-11-7-9(8-13)12(10)4-5-14-2/h1,7,13H,4-6,8H2,2H3. The molecule has 0 aliphatic heterocycles. The summed E-state index contributed by atoms with van der Waals surface area (Å²) in [6, 6.07) is 0. The predicted octanol–water partition coefficient (Wildman–Crippen LogP) is 0.747. The maximum Gasteiger partial charge on any atom is 0.169 e. The van der Waals surface area contributed by atoms with Crippen molar-refractivity contribution in [2.75, 3.05) is 19.5 Å². The molecule has 1 N–H and O–H groups in total. The van der Waals surface area contributed by atoms with Gasteiger partial charge in [0, 0.05) is 13.7 Å². The molecule has 1 heterocycles. The van der Waals surface area contributed by atoms with Gasteiger partial charge in [0.15, 0.2) is 5.16 Å². The number of thioether (sulfide) groups is 1. The molecule has 5 heteroatoms. The molecule has 82 valence electrons. The van der Waals surface area contributed by atoms with E-state index in [1.807, 2.05) is 4.57 Å². The lowest BCUT2D eigenvalue weighted by molar-refractivity contribution is 0.180. The Morgan fingerprint density at radius 2 is 2.53 bits per heavy atom. The molecule has 0 radical (unpaired) electrons. The van der Waals surface area contributed by atoms with Gasteiger partial charge < -0.3 is 14.4 Å². The van der Waals surface area contributed by atoms with Crippen molar-refractivity contribution in [2.45, 2.75) is 18.3 Å². The fraction of sp³-hybridized carbons (Fsp3) is 0.500. The molecule has 1 aromatic heterocycles. The number of hydrogen-bond donors (Lipinski definition) is 1. The Bertz CT molecular complexity index is 344. The number of hydrogen-bond acceptors (Lipinski definition) is 4. The van der Waals surface area contributed by atoms with Gasteiger partial charge in [-0.1, -0.05) is 17.7 Å². The summed E-state index contributed by atoms with van der Waals surface area (Å²) in [6.07, 6.45) is 6.85. The van der Waals surface area contributed by atoms with Crippen molar-refractivity contribution in [3.05, 3.63) is 11.9 Å². The molecule has 4 nitrogen and oxygen atoms in total. The van der Waals surface area contributed by atoms with Gasteiger partial charge in [-0.25, -0.2) is 4.98 Å². The van der Waals surface area contributed by atoms with Crippen LogP contribution >= 0.6 is 11.8 Å². The summed E-state index contributed by atoms with van der Waals surface area (Å²) in [5.74, 6) is 3.12. The summed E-state index contributed by atoms with van der Waals surface area (Å²) in [4.78, 5) is 4.19. The van der Waals surface area contributed by atoms with E-state index in [0.717, 1.165) is 10.9 Å². The van der Waals surface area contributed by atoms with Crippen molar-refractivity contribution < 1.29 is 9.84 Å². The maximum atomic E-state index is 9.11. The zero-order chi connectivity index (χ0) is 11.1. The van der Waals surface area contributed by atoms with Crippen LogP contribution in [0.2, 0.25) is 0 Å². The highest BCUT2D eigenvalue weighted by molar-refractivity contribution is 7.99. The van der Waals surface area contributed by atoms with Crippen LogP contribution in [0.25, 0.3) is 0 Å². The highest BCUT2D eigenvalue weighted by Crippen LogP contribution is 2.18. The largest absolute Gasteiger partial charge is 0.390 e. The lowest BCUT2D eigenvalue weighted by atomic mass is 10.5. The summed E-state index contributed by atoms with van der Waals surface area (Å²) >= 11 is 1.48. The van der Waals surface area contributed by atoms with Crippen molar-refractivity contribution in [1.29, 1.82) is 0 Å². The highest BCUT2D eigenvalue weighted by atomic mass is 32.2. The van der Waals surface area contributed by atoms with E-state index < -0.39 is 0 Å². The van der Waals surface area contributed by atoms with Crippen LogP contribution in [0.5, 0.6) is 0 Å². The number of aliphatic hydroxyl groups excluding tert-OH is 1. The van der Waals surface area contributed by atoms with Crippen LogP contribution in [0.4, 0.5) is 0 Å². The molecule has 0 fully saturated rings. The number of terminal acetylenes is 1. The van der Waals surface area contributed by atoms with Gasteiger partial charge >= 0.3 is 0 Å². The van der Waals surface area contributed by atoms with Gasteiger partial charge in [0.1, 0.15) is 0 Å². The Kier molecular flexibility index (Phi) is 5.26. The molecule has 0 saturated heterocycles. The van der Waals surface area contributed by atoms with Crippen molar-refractivity contribution in [3.63, 3.8) is 0 Å². The minimum Gasteiger partial charge on any atom is -0.390 e. The Balaban J connectivity index is 2.76. The van der Waals surface area contributed by atoms with Crippen molar-refractivity contribution in [3.8, 4) is 12.3 Å². The van der Waals surface area contributed by atoms with Crippen LogP contribution in [-0.4, -0.2) is 34.1 Å². The van der Waals surface area contributed by atoms with E-state index in [1.165, 1.54) is 11.8 Å². The Morgan fingerprint density at radius 1 is 1.73 bits per heavy atom. The SMILES string of the molecule is C#CCSc1ncc(CO)n1CCOC. The molecule has 0 bridgehead atoms. The van der Waals surface area contributed by atoms with Crippen molar-refractivity contribution >= 4 is 11.8 Å². The second-order valence-corrected chi connectivity index (χ2v) is 3.77. The van der Waals surface area contributed by atoms with Gasteiger partial charge in [-0.05, 0) is 0 Å². The molecule has 0 saturated carbocycles. The first-order valence-electron chi connectivity index (χ1n) is 4.54. The first kappa shape index (κ1) is 12.1. The Hall–Kier alpha value is -0.960. The number of ether oxygens (including phenoxy) is 1. The summed E-state index contributed by atoms with van der Waals surface area (Å²) in [5, 5.41) is 9.93. The smallest absolute Gasteiger partial charge is 0.169 e. The van der Waals surface area contributed by atoms with E-state index in [9.17, 15) is 0 Å². The minimum absolute atomic E-state index is 0.0205. The quantitative estimate of drug-likeness (QED) is 0.574. The summed E-state index contributed by atoms with van der Waals surface area (Å²) in [6.45, 7) is 1.25. The third kappa shape index (κ3) is 3.27. The number of imidazole rings is 1. The number of nitrogens with zero attached hydrogens (tertiary/aromatic N) is 2. The fourth-order valence-electron chi connectivity index (χ4n) is 1.16. The normalized spacial score (nSPS) is 10.2. The van der Waals surface area contributed by atoms with Crippen LogP contribution < -0.4 is 0 Å². The second kappa shape index (κ2) is 6.51. The van der Waals surface area contributed by atoms with E-state index in [4.69, 9.17) is 16.3 Å². The lowest BCUT2D eigenvalue weighted by Gasteiger charge is -2.08. The van der Waals surface area contributed by atoms with Crippen LogP contribution in [0.15, 0.2) is 11.4 Å². The monoisotopic (exact) mass is 226 g/mol. The van der Waals surface area contributed by atoms with Gasteiger partial charge in [0.05, 0.1) is 30.9 Å². The molecule has 0 aliphatic carbocycles. The summed E-state index contributed by atoms with van der Waals surface area (Å²) in [5.41, 5.74) is 0.784. The van der Waals surface area contributed by atoms with Crippen molar-refractivity contribution in [2.24, 2.45) is 0 Å². The molecule has 0 atom stereocenters. The Morgan fingerprint density at radius 3 is 3.13 bits per heavy atom. The molecule has 0 amide bonds. The topological polar surface area (TPSA) is 47.3 Å². The summed E-state index contributed by atoms with van der Waals surface area (Å²) in [7, 11) is 1.64. The third-order valence-corrected chi connectivity index (χ3v) is 2.76. The predicted molar refractivity (Wildman–Crippen MR) is 59.6 cm³/mol. The average Bonchev–Trinajstić information content (AvgIpc) is 2.65. The first-order chi connectivity index (χ1) is 7.33. The molecule has 1 aromatic rings. The zero-order valence-corrected chi connectivity index (χ0v) is 9.46. The number of methoxy groups -OCH3 is 1. The van der Waals surface area contributed by atoms with E-state index >= 15 is 0 Å². The highest BCUT2D eigenvalue weighted by Gasteiger charge is 2.08. The van der Waals surface area contributed by atoms with Crippen LogP contribution in [0.3, 0.4) is 0 Å². The third-order valence-electron chi connectivity index (χ3n) is 1.87. The fourth-order valence-corrected chi connectivity index (χ4v) is 1.87. The number of rotatable bonds is 6. The molecule has 0 unspecified atom stereocenters. The van der Waals surface area contributed by atoms with Gasteiger partial charge in [0.25, 0.3) is 0 Å². The average molecular weight is 226 g/mol. The molecule has 0 spiro atoms. The number of aromatic nitrogens is 2. The molecule has 1 rings (SSSR count). The molecule has 0 aliphatic rings. The van der Waals surface area contributed by atoms with Crippen LogP contribution in [0, 0.1) is 12.3 Å².